The third-order valence-corrected chi connectivity index (χ3v) is 6.62. The number of amides is 2. The minimum absolute atomic E-state index is 0.0534. The van der Waals surface area contributed by atoms with Crippen molar-refractivity contribution in [2.24, 2.45) is 5.73 Å². The van der Waals surface area contributed by atoms with Crippen LogP contribution in [0.15, 0.2) is 24.3 Å². The minimum Gasteiger partial charge on any atom is -0.367 e. The van der Waals surface area contributed by atoms with Crippen LogP contribution in [0.1, 0.15) is 45.1 Å². The fourth-order valence-electron chi connectivity index (χ4n) is 4.80. The van der Waals surface area contributed by atoms with Crippen LogP contribution < -0.4 is 10.6 Å². The third kappa shape index (κ3) is 3.44. The van der Waals surface area contributed by atoms with E-state index in [1.54, 1.807) is 4.90 Å². The highest BCUT2D eigenvalue weighted by Gasteiger charge is 2.51. The first-order valence-electron chi connectivity index (χ1n) is 10.4. The third-order valence-electron chi connectivity index (χ3n) is 6.62. The van der Waals surface area contributed by atoms with Crippen molar-refractivity contribution in [3.8, 4) is 0 Å². The van der Waals surface area contributed by atoms with E-state index in [0.717, 1.165) is 25.1 Å². The summed E-state index contributed by atoms with van der Waals surface area (Å²) < 4.78 is 0. The largest absolute Gasteiger partial charge is 0.367 e. The Bertz CT molecular complexity index is 739. The van der Waals surface area contributed by atoms with Crippen LogP contribution in [-0.4, -0.2) is 60.0 Å². The van der Waals surface area contributed by atoms with Crippen LogP contribution in [0.3, 0.4) is 0 Å². The first-order chi connectivity index (χ1) is 13.4. The van der Waals surface area contributed by atoms with Crippen LogP contribution >= 0.6 is 0 Å². The Hall–Kier alpha value is -1.92. The van der Waals surface area contributed by atoms with Gasteiger partial charge in [-0.05, 0) is 74.8 Å². The number of carbonyl (C=O) groups excluding carboxylic acids is 2. The Morgan fingerprint density at radius 3 is 2.46 bits per heavy atom. The van der Waals surface area contributed by atoms with Gasteiger partial charge in [-0.25, -0.2) is 0 Å². The molecule has 2 amide bonds. The van der Waals surface area contributed by atoms with Crippen molar-refractivity contribution in [2.75, 3.05) is 31.1 Å². The van der Waals surface area contributed by atoms with E-state index in [9.17, 15) is 9.59 Å². The molecule has 28 heavy (non-hydrogen) atoms. The molecular formula is C22H31N4O2. The quantitative estimate of drug-likeness (QED) is 0.814. The molecule has 2 N–H and O–H groups in total. The van der Waals surface area contributed by atoms with Crippen molar-refractivity contribution in [3.05, 3.63) is 36.2 Å². The Kier molecular flexibility index (Phi) is 5.19. The van der Waals surface area contributed by atoms with Crippen molar-refractivity contribution in [2.45, 2.75) is 57.2 Å². The van der Waals surface area contributed by atoms with Gasteiger partial charge in [0.25, 0.3) is 5.91 Å². The van der Waals surface area contributed by atoms with E-state index >= 15 is 0 Å². The maximum Gasteiger partial charge on any atom is 0.255 e. The van der Waals surface area contributed by atoms with Gasteiger partial charge in [-0.15, -0.1) is 0 Å². The highest BCUT2D eigenvalue weighted by molar-refractivity contribution is 6.06. The molecule has 3 aliphatic rings. The zero-order valence-electron chi connectivity index (χ0n) is 16.9. The zero-order valence-corrected chi connectivity index (χ0v) is 16.9. The summed E-state index contributed by atoms with van der Waals surface area (Å²) in [5, 5.41) is 0. The number of fused-ring (bicyclic) bond motifs is 1. The molecular weight excluding hydrogens is 352 g/mol. The normalized spacial score (nSPS) is 26.2. The number of nitrogens with two attached hydrogens (primary N) is 1. The molecule has 1 aromatic rings. The van der Waals surface area contributed by atoms with E-state index in [1.165, 1.54) is 31.5 Å². The average Bonchev–Trinajstić information content (AvgIpc) is 3.39. The highest BCUT2D eigenvalue weighted by Crippen LogP contribution is 2.35. The second kappa shape index (κ2) is 7.48. The van der Waals surface area contributed by atoms with E-state index in [0.29, 0.717) is 6.54 Å². The summed E-state index contributed by atoms with van der Waals surface area (Å²) in [5.41, 5.74) is 7.71. The van der Waals surface area contributed by atoms with E-state index in [-0.39, 0.29) is 17.4 Å². The van der Waals surface area contributed by atoms with Crippen molar-refractivity contribution in [1.82, 2.24) is 9.80 Å². The molecule has 3 aliphatic heterocycles. The van der Waals surface area contributed by atoms with Crippen LogP contribution in [0.4, 0.5) is 5.69 Å². The predicted molar refractivity (Wildman–Crippen MR) is 110 cm³/mol. The molecule has 3 fully saturated rings. The summed E-state index contributed by atoms with van der Waals surface area (Å²) in [4.78, 5) is 31.0. The second-order valence-electron chi connectivity index (χ2n) is 8.92. The molecule has 1 unspecified atom stereocenters. The summed E-state index contributed by atoms with van der Waals surface area (Å²) in [5.74, 6) is -0.525. The molecule has 0 bridgehead atoms. The molecule has 151 valence electrons. The van der Waals surface area contributed by atoms with Crippen LogP contribution in [0.2, 0.25) is 0 Å². The number of anilines is 1. The van der Waals surface area contributed by atoms with Gasteiger partial charge >= 0.3 is 0 Å². The van der Waals surface area contributed by atoms with Crippen LogP contribution in [0, 0.1) is 6.42 Å². The van der Waals surface area contributed by atoms with Crippen LogP contribution in [-0.2, 0) is 15.0 Å². The Morgan fingerprint density at radius 1 is 1.14 bits per heavy atom. The fraction of sp³-hybridized carbons (Fsp3) is 0.591. The Labute approximate surface area is 167 Å². The summed E-state index contributed by atoms with van der Waals surface area (Å²) in [6, 6.07) is 7.79. The van der Waals surface area contributed by atoms with E-state index in [2.05, 4.69) is 30.9 Å². The van der Waals surface area contributed by atoms with Crippen LogP contribution in [0.25, 0.3) is 0 Å². The predicted octanol–water partition coefficient (Wildman–Crippen LogP) is 1.89. The van der Waals surface area contributed by atoms with Gasteiger partial charge in [-0.3, -0.25) is 19.4 Å². The number of rotatable bonds is 6. The van der Waals surface area contributed by atoms with Gasteiger partial charge in [-0.2, -0.15) is 0 Å². The van der Waals surface area contributed by atoms with Gasteiger partial charge in [0.1, 0.15) is 0 Å². The average molecular weight is 384 g/mol. The van der Waals surface area contributed by atoms with Gasteiger partial charge in [0.15, 0.2) is 6.17 Å². The maximum absolute atomic E-state index is 12.9. The number of hydrogen-bond donors (Lipinski definition) is 1. The SMILES string of the molecule is CC(C)(CCN1CCCC1)c1ccc(N2C(=O)[C@@H]3[CH]CCN3C2C(N)=O)cc1. The van der Waals surface area contributed by atoms with Gasteiger partial charge in [-0.1, -0.05) is 26.0 Å². The number of hydrogen-bond acceptors (Lipinski definition) is 4. The van der Waals surface area contributed by atoms with Gasteiger partial charge in [0, 0.05) is 12.2 Å². The number of benzene rings is 1. The first kappa shape index (κ1) is 19.4. The molecule has 0 aliphatic carbocycles. The molecule has 3 saturated heterocycles. The first-order valence-corrected chi connectivity index (χ1v) is 10.4. The number of likely N-dealkylation sites (tertiary alicyclic amines) is 1. The van der Waals surface area contributed by atoms with E-state index < -0.39 is 12.1 Å². The van der Waals surface area contributed by atoms with Gasteiger partial charge in [0.05, 0.1) is 6.04 Å². The highest BCUT2D eigenvalue weighted by atomic mass is 16.2. The molecule has 6 nitrogen and oxygen atoms in total. The Morgan fingerprint density at radius 2 is 1.82 bits per heavy atom. The number of nitrogens with zero attached hydrogens (tertiary/aromatic N) is 3. The van der Waals surface area contributed by atoms with Gasteiger partial charge in [0.2, 0.25) is 5.91 Å². The Balaban J connectivity index is 1.50. The molecule has 6 heteroatoms. The second-order valence-corrected chi connectivity index (χ2v) is 8.92. The lowest BCUT2D eigenvalue weighted by atomic mass is 9.81. The molecule has 0 saturated carbocycles. The standard InChI is InChI=1S/C22H31N4O2/c1-22(2,11-15-24-12-3-4-13-24)16-7-9-17(10-8-16)26-20(19(23)27)25-14-5-6-18(25)21(26)28/h6-10,18,20H,3-5,11-15H2,1-2H3,(H2,23,27)/t18-,20?/m0/s1. The molecule has 3 heterocycles. The molecule has 1 radical (unpaired) electrons. The smallest absolute Gasteiger partial charge is 0.255 e. The molecule has 2 atom stereocenters. The summed E-state index contributed by atoms with van der Waals surface area (Å²) in [6.45, 7) is 8.80. The minimum atomic E-state index is -0.690. The van der Waals surface area contributed by atoms with Crippen molar-refractivity contribution < 1.29 is 9.59 Å². The van der Waals surface area contributed by atoms with Gasteiger partial charge < -0.3 is 10.6 Å². The summed E-state index contributed by atoms with van der Waals surface area (Å²) in [7, 11) is 0. The summed E-state index contributed by atoms with van der Waals surface area (Å²) >= 11 is 0. The van der Waals surface area contributed by atoms with E-state index in [1.807, 2.05) is 23.5 Å². The van der Waals surface area contributed by atoms with Crippen LogP contribution in [0.5, 0.6) is 0 Å². The fourth-order valence-corrected chi connectivity index (χ4v) is 4.80. The molecule has 4 rings (SSSR count). The lowest BCUT2D eigenvalue weighted by Gasteiger charge is -2.30. The lowest BCUT2D eigenvalue weighted by molar-refractivity contribution is -0.122. The van der Waals surface area contributed by atoms with Crippen molar-refractivity contribution >= 4 is 17.5 Å². The zero-order chi connectivity index (χ0) is 19.9. The monoisotopic (exact) mass is 383 g/mol. The van der Waals surface area contributed by atoms with E-state index in [4.69, 9.17) is 5.73 Å². The molecule has 0 spiro atoms. The molecule has 1 aromatic carbocycles. The maximum atomic E-state index is 12.9. The number of primary amides is 1. The van der Waals surface area contributed by atoms with Crippen molar-refractivity contribution in [3.63, 3.8) is 0 Å². The number of carbonyl (C=O) groups is 2. The molecule has 0 aromatic heterocycles. The topological polar surface area (TPSA) is 69.9 Å². The lowest BCUT2D eigenvalue weighted by Crippen LogP contribution is -2.49. The van der Waals surface area contributed by atoms with Crippen molar-refractivity contribution in [1.29, 1.82) is 0 Å². The summed E-state index contributed by atoms with van der Waals surface area (Å²) in [6.07, 6.45) is 5.84.